The van der Waals surface area contributed by atoms with Crippen molar-refractivity contribution in [3.05, 3.63) is 66.0 Å². The highest BCUT2D eigenvalue weighted by molar-refractivity contribution is 5.89. The maximum absolute atomic E-state index is 13.3. The van der Waals surface area contributed by atoms with Gasteiger partial charge in [-0.2, -0.15) is 4.98 Å². The second-order valence-corrected chi connectivity index (χ2v) is 6.73. The summed E-state index contributed by atoms with van der Waals surface area (Å²) in [6.45, 7) is 2.80. The van der Waals surface area contributed by atoms with Gasteiger partial charge in [-0.15, -0.1) is 0 Å². The van der Waals surface area contributed by atoms with Crippen LogP contribution in [0.3, 0.4) is 0 Å². The molecule has 4 rings (SSSR count). The number of carbonyl (C=O) groups is 1. The number of nitrogens with zero attached hydrogens (tertiary/aromatic N) is 4. The van der Waals surface area contributed by atoms with Gasteiger partial charge < -0.3 is 14.7 Å². The second-order valence-electron chi connectivity index (χ2n) is 6.73. The van der Waals surface area contributed by atoms with E-state index in [1.807, 2.05) is 0 Å². The fourth-order valence-corrected chi connectivity index (χ4v) is 3.13. The molecule has 2 aromatic carbocycles. The molecule has 1 aromatic heterocycles. The summed E-state index contributed by atoms with van der Waals surface area (Å²) in [5.41, 5.74) is 0.955. The molecule has 0 radical (unpaired) electrons. The van der Waals surface area contributed by atoms with E-state index in [9.17, 15) is 13.6 Å². The summed E-state index contributed by atoms with van der Waals surface area (Å²) in [5, 5.41) is 6.66. The van der Waals surface area contributed by atoms with E-state index in [0.29, 0.717) is 49.8 Å². The molecule has 2 amide bonds. The Kier molecular flexibility index (Phi) is 5.48. The van der Waals surface area contributed by atoms with Crippen molar-refractivity contribution in [2.45, 2.75) is 6.54 Å². The number of halogens is 2. The van der Waals surface area contributed by atoms with Crippen LogP contribution in [0.5, 0.6) is 0 Å². The number of amides is 2. The summed E-state index contributed by atoms with van der Waals surface area (Å²) < 4.78 is 31.8. The van der Waals surface area contributed by atoms with E-state index >= 15 is 0 Å². The van der Waals surface area contributed by atoms with Crippen molar-refractivity contribution in [1.29, 1.82) is 0 Å². The predicted molar refractivity (Wildman–Crippen MR) is 102 cm³/mol. The second kappa shape index (κ2) is 8.36. The molecule has 2 heterocycles. The van der Waals surface area contributed by atoms with Crippen molar-refractivity contribution in [1.82, 2.24) is 19.9 Å². The van der Waals surface area contributed by atoms with Crippen molar-refractivity contribution in [3.63, 3.8) is 0 Å². The summed E-state index contributed by atoms with van der Waals surface area (Å²) in [6, 6.07) is 11.5. The van der Waals surface area contributed by atoms with Gasteiger partial charge in [-0.3, -0.25) is 4.90 Å². The highest BCUT2D eigenvalue weighted by Crippen LogP contribution is 2.19. The predicted octanol–water partition coefficient (Wildman–Crippen LogP) is 3.36. The lowest BCUT2D eigenvalue weighted by molar-refractivity contribution is 0.140. The van der Waals surface area contributed by atoms with Gasteiger partial charge in [-0.1, -0.05) is 17.3 Å². The first kappa shape index (κ1) is 19.0. The number of hydrogen-bond acceptors (Lipinski definition) is 5. The minimum atomic E-state index is -0.398. The average molecular weight is 399 g/mol. The highest BCUT2D eigenvalue weighted by Gasteiger charge is 2.22. The molecule has 0 unspecified atom stereocenters. The molecular weight excluding hydrogens is 380 g/mol. The fourth-order valence-electron chi connectivity index (χ4n) is 3.13. The van der Waals surface area contributed by atoms with Gasteiger partial charge in [-0.25, -0.2) is 13.6 Å². The number of nitrogens with one attached hydrogen (secondary N) is 1. The molecule has 0 saturated carbocycles. The molecule has 150 valence electrons. The van der Waals surface area contributed by atoms with Crippen LogP contribution in [0.4, 0.5) is 19.3 Å². The zero-order valence-electron chi connectivity index (χ0n) is 15.5. The number of benzene rings is 2. The molecule has 3 aromatic rings. The van der Waals surface area contributed by atoms with Crippen LogP contribution in [0.1, 0.15) is 5.82 Å². The van der Waals surface area contributed by atoms with Crippen molar-refractivity contribution in [2.24, 2.45) is 0 Å². The minimum Gasteiger partial charge on any atom is -0.334 e. The number of hydrogen-bond donors (Lipinski definition) is 1. The largest absolute Gasteiger partial charge is 0.334 e. The van der Waals surface area contributed by atoms with Gasteiger partial charge in [0.1, 0.15) is 11.6 Å². The van der Waals surface area contributed by atoms with Crippen molar-refractivity contribution in [2.75, 3.05) is 31.5 Å². The molecule has 0 aliphatic carbocycles. The van der Waals surface area contributed by atoms with E-state index in [1.165, 1.54) is 24.3 Å². The standard InChI is InChI=1S/C20H19F2N5O2/c21-15-4-1-3-14(11-15)19-24-18(25-29-19)13-26-7-9-27(10-8-26)20(28)23-17-6-2-5-16(22)12-17/h1-6,11-12H,7-10,13H2,(H,23,28). The quantitative estimate of drug-likeness (QED) is 0.728. The van der Waals surface area contributed by atoms with Crippen molar-refractivity contribution >= 4 is 11.7 Å². The Bertz CT molecular complexity index is 1000. The molecule has 1 N–H and O–H groups in total. The van der Waals surface area contributed by atoms with E-state index < -0.39 is 5.82 Å². The third-order valence-corrected chi connectivity index (χ3v) is 4.64. The lowest BCUT2D eigenvalue weighted by atomic mass is 10.2. The molecular formula is C20H19F2N5O2. The van der Waals surface area contributed by atoms with Crippen LogP contribution in [0.2, 0.25) is 0 Å². The zero-order chi connectivity index (χ0) is 20.2. The zero-order valence-corrected chi connectivity index (χ0v) is 15.5. The molecule has 0 bridgehead atoms. The maximum atomic E-state index is 13.3. The van der Waals surface area contributed by atoms with E-state index in [4.69, 9.17) is 4.52 Å². The third kappa shape index (κ3) is 4.75. The van der Waals surface area contributed by atoms with Crippen molar-refractivity contribution in [3.8, 4) is 11.5 Å². The monoisotopic (exact) mass is 399 g/mol. The summed E-state index contributed by atoms with van der Waals surface area (Å²) in [6.07, 6.45) is 0. The normalized spacial score (nSPS) is 14.8. The van der Waals surface area contributed by atoms with Gasteiger partial charge in [0.2, 0.25) is 0 Å². The van der Waals surface area contributed by atoms with Gasteiger partial charge in [0.05, 0.1) is 6.54 Å². The van der Waals surface area contributed by atoms with E-state index in [0.717, 1.165) is 0 Å². The Hall–Kier alpha value is -3.33. The molecule has 1 aliphatic heterocycles. The van der Waals surface area contributed by atoms with Crippen LogP contribution in [0, 0.1) is 11.6 Å². The van der Waals surface area contributed by atoms with Crippen LogP contribution in [0.15, 0.2) is 53.1 Å². The molecule has 29 heavy (non-hydrogen) atoms. The highest BCUT2D eigenvalue weighted by atomic mass is 19.1. The van der Waals surface area contributed by atoms with Crippen LogP contribution < -0.4 is 5.32 Å². The number of anilines is 1. The Labute approximate surface area is 165 Å². The lowest BCUT2D eigenvalue weighted by Crippen LogP contribution is -2.49. The Morgan fingerprint density at radius 2 is 1.76 bits per heavy atom. The summed E-state index contributed by atoms with van der Waals surface area (Å²) in [5.74, 6) is 0.00904. The lowest BCUT2D eigenvalue weighted by Gasteiger charge is -2.34. The van der Waals surface area contributed by atoms with Gasteiger partial charge >= 0.3 is 6.03 Å². The fraction of sp³-hybridized carbons (Fsp3) is 0.250. The first-order chi connectivity index (χ1) is 14.1. The molecule has 7 nitrogen and oxygen atoms in total. The number of urea groups is 1. The summed E-state index contributed by atoms with van der Waals surface area (Å²) >= 11 is 0. The number of piperazine rings is 1. The van der Waals surface area contributed by atoms with E-state index in [2.05, 4.69) is 20.4 Å². The smallest absolute Gasteiger partial charge is 0.321 e. The Morgan fingerprint density at radius 3 is 2.48 bits per heavy atom. The molecule has 0 atom stereocenters. The topological polar surface area (TPSA) is 74.5 Å². The molecule has 1 fully saturated rings. The first-order valence-electron chi connectivity index (χ1n) is 9.19. The minimum absolute atomic E-state index is 0.261. The molecule has 1 aliphatic rings. The number of rotatable bonds is 4. The van der Waals surface area contributed by atoms with Crippen LogP contribution in [0.25, 0.3) is 11.5 Å². The SMILES string of the molecule is O=C(Nc1cccc(F)c1)N1CCN(Cc2noc(-c3cccc(F)c3)n2)CC1. The molecule has 1 saturated heterocycles. The first-order valence-corrected chi connectivity index (χ1v) is 9.19. The van der Waals surface area contributed by atoms with Crippen LogP contribution >= 0.6 is 0 Å². The van der Waals surface area contributed by atoms with Crippen LogP contribution in [-0.2, 0) is 6.54 Å². The average Bonchev–Trinajstić information content (AvgIpc) is 3.17. The van der Waals surface area contributed by atoms with Crippen molar-refractivity contribution < 1.29 is 18.1 Å². The van der Waals surface area contributed by atoms with Crippen LogP contribution in [-0.4, -0.2) is 52.2 Å². The van der Waals surface area contributed by atoms with E-state index in [-0.39, 0.29) is 17.7 Å². The van der Waals surface area contributed by atoms with Gasteiger partial charge in [-0.05, 0) is 36.4 Å². The number of aromatic nitrogens is 2. The molecule has 9 heteroatoms. The summed E-state index contributed by atoms with van der Waals surface area (Å²) in [4.78, 5) is 20.4. The van der Waals surface area contributed by atoms with Gasteiger partial charge in [0.25, 0.3) is 5.89 Å². The summed E-state index contributed by atoms with van der Waals surface area (Å²) in [7, 11) is 0. The third-order valence-electron chi connectivity index (χ3n) is 4.64. The Balaban J connectivity index is 1.29. The van der Waals surface area contributed by atoms with Gasteiger partial charge in [0, 0.05) is 37.4 Å². The Morgan fingerprint density at radius 1 is 1.03 bits per heavy atom. The van der Waals surface area contributed by atoms with Gasteiger partial charge in [0.15, 0.2) is 5.82 Å². The maximum Gasteiger partial charge on any atom is 0.321 e. The number of carbonyl (C=O) groups excluding carboxylic acids is 1. The van der Waals surface area contributed by atoms with E-state index in [1.54, 1.807) is 29.2 Å². The molecule has 0 spiro atoms.